The normalized spacial score (nSPS) is 34.9. The Balaban J connectivity index is 1.73. The van der Waals surface area contributed by atoms with Crippen molar-refractivity contribution in [2.75, 3.05) is 39.4 Å². The van der Waals surface area contributed by atoms with Crippen LogP contribution in [0, 0.1) is 17.3 Å². The van der Waals surface area contributed by atoms with E-state index in [0.717, 1.165) is 0 Å². The fourth-order valence-corrected chi connectivity index (χ4v) is 3.97. The molecule has 0 aromatic carbocycles. The topological polar surface area (TPSA) is 87.2 Å². The van der Waals surface area contributed by atoms with Crippen LogP contribution in [-0.2, 0) is 19.1 Å². The van der Waals surface area contributed by atoms with Crippen molar-refractivity contribution in [3.05, 3.63) is 0 Å². The van der Waals surface area contributed by atoms with Crippen LogP contribution in [0.3, 0.4) is 0 Å². The lowest BCUT2D eigenvalue weighted by Crippen LogP contribution is -2.45. The lowest BCUT2D eigenvalue weighted by Gasteiger charge is -2.33. The molecule has 3 atom stereocenters. The third-order valence-corrected chi connectivity index (χ3v) is 5.39. The first-order chi connectivity index (χ1) is 10.5. The molecule has 0 radical (unpaired) electrons. The SMILES string of the molecule is CCN1CC(C(=O)N2C[C@H]3COCC[C@@]3(C(=O)O)C2)CC1=O. The van der Waals surface area contributed by atoms with Crippen LogP contribution < -0.4 is 0 Å². The van der Waals surface area contributed by atoms with E-state index < -0.39 is 11.4 Å². The average Bonchev–Trinajstić information content (AvgIpc) is 3.07. The van der Waals surface area contributed by atoms with Gasteiger partial charge in [0, 0.05) is 45.1 Å². The molecule has 3 heterocycles. The molecule has 0 bridgehead atoms. The molecule has 122 valence electrons. The number of hydrogen-bond acceptors (Lipinski definition) is 4. The van der Waals surface area contributed by atoms with E-state index in [-0.39, 0.29) is 36.6 Å². The first-order valence-electron chi connectivity index (χ1n) is 7.85. The van der Waals surface area contributed by atoms with E-state index in [9.17, 15) is 19.5 Å². The molecule has 3 aliphatic heterocycles. The zero-order chi connectivity index (χ0) is 15.9. The van der Waals surface area contributed by atoms with Gasteiger partial charge in [-0.2, -0.15) is 0 Å². The van der Waals surface area contributed by atoms with E-state index >= 15 is 0 Å². The molecule has 1 unspecified atom stereocenters. The summed E-state index contributed by atoms with van der Waals surface area (Å²) >= 11 is 0. The first kappa shape index (κ1) is 15.3. The van der Waals surface area contributed by atoms with Crippen LogP contribution in [-0.4, -0.2) is 72.1 Å². The molecule has 7 heteroatoms. The van der Waals surface area contributed by atoms with Crippen molar-refractivity contribution in [2.45, 2.75) is 19.8 Å². The van der Waals surface area contributed by atoms with Crippen molar-refractivity contribution >= 4 is 17.8 Å². The fraction of sp³-hybridized carbons (Fsp3) is 0.800. The van der Waals surface area contributed by atoms with E-state index in [1.165, 1.54) is 0 Å². The van der Waals surface area contributed by atoms with Gasteiger partial charge in [0.25, 0.3) is 0 Å². The van der Waals surface area contributed by atoms with Gasteiger partial charge in [-0.1, -0.05) is 0 Å². The molecule has 3 aliphatic rings. The van der Waals surface area contributed by atoms with E-state index in [0.29, 0.717) is 39.3 Å². The molecular formula is C15H22N2O5. The Bertz CT molecular complexity index is 508. The molecule has 0 saturated carbocycles. The van der Waals surface area contributed by atoms with Crippen molar-refractivity contribution in [1.29, 1.82) is 0 Å². The van der Waals surface area contributed by atoms with Gasteiger partial charge in [-0.05, 0) is 13.3 Å². The predicted octanol–water partition coefficient (Wildman–Crippen LogP) is -0.195. The summed E-state index contributed by atoms with van der Waals surface area (Å²) in [7, 11) is 0. The van der Waals surface area contributed by atoms with Gasteiger partial charge in [0.1, 0.15) is 0 Å². The van der Waals surface area contributed by atoms with Crippen LogP contribution in [0.5, 0.6) is 0 Å². The van der Waals surface area contributed by atoms with Crippen LogP contribution >= 0.6 is 0 Å². The largest absolute Gasteiger partial charge is 0.481 e. The summed E-state index contributed by atoms with van der Waals surface area (Å²) in [6, 6.07) is 0. The van der Waals surface area contributed by atoms with Crippen LogP contribution in [0.4, 0.5) is 0 Å². The number of carbonyl (C=O) groups excluding carboxylic acids is 2. The monoisotopic (exact) mass is 310 g/mol. The van der Waals surface area contributed by atoms with E-state index in [4.69, 9.17) is 4.74 Å². The zero-order valence-electron chi connectivity index (χ0n) is 12.8. The summed E-state index contributed by atoms with van der Waals surface area (Å²) in [4.78, 5) is 39.5. The number of carbonyl (C=O) groups is 3. The number of carboxylic acid groups (broad SMARTS) is 1. The number of nitrogens with zero attached hydrogens (tertiary/aromatic N) is 2. The van der Waals surface area contributed by atoms with E-state index in [1.807, 2.05) is 6.92 Å². The molecule has 22 heavy (non-hydrogen) atoms. The van der Waals surface area contributed by atoms with Crippen LogP contribution in [0.2, 0.25) is 0 Å². The third-order valence-electron chi connectivity index (χ3n) is 5.39. The minimum absolute atomic E-state index is 0.00810. The van der Waals surface area contributed by atoms with Gasteiger partial charge in [-0.25, -0.2) is 0 Å². The molecule has 1 N–H and O–H groups in total. The number of ether oxygens (including phenoxy) is 1. The number of rotatable bonds is 3. The summed E-state index contributed by atoms with van der Waals surface area (Å²) in [5.74, 6) is -1.40. The second kappa shape index (κ2) is 5.53. The molecule has 3 fully saturated rings. The van der Waals surface area contributed by atoms with Gasteiger partial charge in [-0.15, -0.1) is 0 Å². The maximum atomic E-state index is 12.7. The molecule has 7 nitrogen and oxygen atoms in total. The van der Waals surface area contributed by atoms with Crippen LogP contribution in [0.1, 0.15) is 19.8 Å². The first-order valence-corrected chi connectivity index (χ1v) is 7.85. The summed E-state index contributed by atoms with van der Waals surface area (Å²) in [6.45, 7) is 4.43. The highest BCUT2D eigenvalue weighted by atomic mass is 16.5. The maximum Gasteiger partial charge on any atom is 0.311 e. The highest BCUT2D eigenvalue weighted by molar-refractivity contribution is 5.90. The minimum atomic E-state index is -0.874. The summed E-state index contributed by atoms with van der Waals surface area (Å²) in [6.07, 6.45) is 0.686. The third kappa shape index (κ3) is 2.27. The number of fused-ring (bicyclic) bond motifs is 1. The quantitative estimate of drug-likeness (QED) is 0.780. The predicted molar refractivity (Wildman–Crippen MR) is 75.9 cm³/mol. The summed E-state index contributed by atoms with van der Waals surface area (Å²) in [5, 5.41) is 9.63. The van der Waals surface area contributed by atoms with Gasteiger partial charge in [-0.3, -0.25) is 14.4 Å². The van der Waals surface area contributed by atoms with Crippen molar-refractivity contribution < 1.29 is 24.2 Å². The Hall–Kier alpha value is -1.63. The van der Waals surface area contributed by atoms with Crippen LogP contribution in [0.15, 0.2) is 0 Å². The smallest absolute Gasteiger partial charge is 0.311 e. The Kier molecular flexibility index (Phi) is 3.84. The molecule has 3 rings (SSSR count). The van der Waals surface area contributed by atoms with Gasteiger partial charge in [0.05, 0.1) is 17.9 Å². The summed E-state index contributed by atoms with van der Waals surface area (Å²) < 4.78 is 5.40. The molecule has 0 spiro atoms. The standard InChI is InChI=1S/C15H22N2O5/c1-2-16-6-10(5-12(16)18)13(19)17-7-11-8-22-4-3-15(11,9-17)14(20)21/h10-11H,2-9H2,1H3,(H,20,21)/t10?,11-,15+/m0/s1. The number of amides is 2. The lowest BCUT2D eigenvalue weighted by atomic mass is 9.74. The molecule has 0 aromatic rings. The van der Waals surface area contributed by atoms with Gasteiger partial charge in [0.15, 0.2) is 0 Å². The molecule has 0 aliphatic carbocycles. The molecule has 3 saturated heterocycles. The zero-order valence-corrected chi connectivity index (χ0v) is 12.8. The lowest BCUT2D eigenvalue weighted by molar-refractivity contribution is -0.157. The van der Waals surface area contributed by atoms with Gasteiger partial charge < -0.3 is 19.6 Å². The number of hydrogen-bond donors (Lipinski definition) is 1. The molecule has 2 amide bonds. The highest BCUT2D eigenvalue weighted by Crippen LogP contribution is 2.43. The summed E-state index contributed by atoms with van der Waals surface area (Å²) in [5.41, 5.74) is -0.874. The van der Waals surface area contributed by atoms with E-state index in [2.05, 4.69) is 0 Å². The second-order valence-corrected chi connectivity index (χ2v) is 6.54. The number of likely N-dealkylation sites (tertiary alicyclic amines) is 2. The Morgan fingerprint density at radius 1 is 1.41 bits per heavy atom. The molecular weight excluding hydrogens is 288 g/mol. The maximum absolute atomic E-state index is 12.7. The van der Waals surface area contributed by atoms with Crippen molar-refractivity contribution in [1.82, 2.24) is 9.80 Å². The van der Waals surface area contributed by atoms with Crippen LogP contribution in [0.25, 0.3) is 0 Å². The molecule has 0 aromatic heterocycles. The van der Waals surface area contributed by atoms with Crippen molar-refractivity contribution in [3.8, 4) is 0 Å². The highest BCUT2D eigenvalue weighted by Gasteiger charge is 2.55. The second-order valence-electron chi connectivity index (χ2n) is 6.54. The Labute approximate surface area is 129 Å². The Morgan fingerprint density at radius 3 is 2.77 bits per heavy atom. The van der Waals surface area contributed by atoms with Gasteiger partial charge >= 0.3 is 5.97 Å². The number of carboxylic acids is 1. The van der Waals surface area contributed by atoms with Crippen molar-refractivity contribution in [3.63, 3.8) is 0 Å². The number of aliphatic carboxylic acids is 1. The fourth-order valence-electron chi connectivity index (χ4n) is 3.97. The average molecular weight is 310 g/mol. The van der Waals surface area contributed by atoms with E-state index in [1.54, 1.807) is 9.80 Å². The van der Waals surface area contributed by atoms with Crippen molar-refractivity contribution in [2.24, 2.45) is 17.3 Å². The Morgan fingerprint density at radius 2 is 2.18 bits per heavy atom. The van der Waals surface area contributed by atoms with Gasteiger partial charge in [0.2, 0.25) is 11.8 Å². The minimum Gasteiger partial charge on any atom is -0.481 e.